The van der Waals surface area contributed by atoms with Crippen molar-refractivity contribution in [3.8, 4) is 5.06 Å². The van der Waals surface area contributed by atoms with Crippen molar-refractivity contribution in [2.24, 2.45) is 0 Å². The van der Waals surface area contributed by atoms with E-state index in [0.717, 1.165) is 11.5 Å². The quantitative estimate of drug-likeness (QED) is 0.644. The molecule has 12 heavy (non-hydrogen) atoms. The molecular weight excluding hydrogens is 168 g/mol. The molecule has 0 spiro atoms. The van der Waals surface area contributed by atoms with Crippen molar-refractivity contribution >= 4 is 11.3 Å². The molecule has 1 aromatic heterocycles. The Labute approximate surface area is 77.7 Å². The first-order valence-electron chi connectivity index (χ1n) is 4.20. The van der Waals surface area contributed by atoms with Gasteiger partial charge in [0.2, 0.25) is 0 Å². The lowest BCUT2D eigenvalue weighted by atomic mass is 10.3. The van der Waals surface area contributed by atoms with Gasteiger partial charge in [-0.15, -0.1) is 11.3 Å². The van der Waals surface area contributed by atoms with Crippen LogP contribution in [0.15, 0.2) is 23.8 Å². The second-order valence-electron chi connectivity index (χ2n) is 2.67. The van der Waals surface area contributed by atoms with Crippen LogP contribution in [0.1, 0.15) is 25.3 Å². The molecular formula is C10H14OS. The van der Waals surface area contributed by atoms with Crippen molar-refractivity contribution in [3.05, 3.63) is 29.3 Å². The average Bonchev–Trinajstić information content (AvgIpc) is 2.46. The van der Waals surface area contributed by atoms with Crippen LogP contribution in [0.2, 0.25) is 0 Å². The number of unbranched alkanes of at least 4 members (excludes halogenated alkanes) is 1. The molecule has 0 saturated carbocycles. The third-order valence-corrected chi connectivity index (χ3v) is 2.45. The highest BCUT2D eigenvalue weighted by molar-refractivity contribution is 7.12. The monoisotopic (exact) mass is 182 g/mol. The van der Waals surface area contributed by atoms with Crippen LogP contribution in [-0.4, -0.2) is 0 Å². The summed E-state index contributed by atoms with van der Waals surface area (Å²) in [6, 6.07) is 2.06. The molecule has 0 atom stereocenters. The molecule has 0 aliphatic carbocycles. The van der Waals surface area contributed by atoms with Crippen molar-refractivity contribution in [1.82, 2.24) is 0 Å². The summed E-state index contributed by atoms with van der Waals surface area (Å²) in [6.07, 6.45) is 6.09. The Hall–Kier alpha value is -0.760. The Morgan fingerprint density at radius 1 is 1.58 bits per heavy atom. The Bertz CT molecular complexity index is 250. The third kappa shape index (κ3) is 2.70. The summed E-state index contributed by atoms with van der Waals surface area (Å²) in [4.78, 5) is 0. The molecule has 0 N–H and O–H groups in total. The molecule has 0 saturated heterocycles. The second kappa shape index (κ2) is 4.99. The molecule has 1 aromatic rings. The first-order valence-corrected chi connectivity index (χ1v) is 5.08. The SMILES string of the molecule is CCCC=COc1sccc1C. The van der Waals surface area contributed by atoms with Crippen LogP contribution in [0.5, 0.6) is 5.06 Å². The summed E-state index contributed by atoms with van der Waals surface area (Å²) in [5.74, 6) is 0. The van der Waals surface area contributed by atoms with Crippen LogP contribution in [0, 0.1) is 6.92 Å². The van der Waals surface area contributed by atoms with Gasteiger partial charge in [0.1, 0.15) is 0 Å². The highest BCUT2D eigenvalue weighted by Gasteiger charge is 1.96. The van der Waals surface area contributed by atoms with Crippen LogP contribution < -0.4 is 4.74 Å². The molecule has 0 radical (unpaired) electrons. The molecule has 0 aliphatic heterocycles. The predicted molar refractivity (Wildman–Crippen MR) is 53.7 cm³/mol. The Kier molecular flexibility index (Phi) is 3.88. The maximum absolute atomic E-state index is 5.42. The number of thiophene rings is 1. The van der Waals surface area contributed by atoms with Crippen molar-refractivity contribution in [2.75, 3.05) is 0 Å². The summed E-state index contributed by atoms with van der Waals surface area (Å²) < 4.78 is 5.42. The molecule has 0 bridgehead atoms. The molecule has 2 heteroatoms. The van der Waals surface area contributed by atoms with Gasteiger partial charge < -0.3 is 4.74 Å². The van der Waals surface area contributed by atoms with E-state index in [4.69, 9.17) is 4.74 Å². The molecule has 1 rings (SSSR count). The minimum atomic E-state index is 1.00. The van der Waals surface area contributed by atoms with Crippen molar-refractivity contribution in [1.29, 1.82) is 0 Å². The van der Waals surface area contributed by atoms with E-state index in [1.54, 1.807) is 17.6 Å². The smallest absolute Gasteiger partial charge is 0.182 e. The first-order chi connectivity index (χ1) is 5.84. The van der Waals surface area contributed by atoms with Gasteiger partial charge in [-0.3, -0.25) is 0 Å². The zero-order chi connectivity index (χ0) is 8.81. The fourth-order valence-electron chi connectivity index (χ4n) is 0.824. The summed E-state index contributed by atoms with van der Waals surface area (Å²) in [7, 11) is 0. The van der Waals surface area contributed by atoms with Crippen LogP contribution >= 0.6 is 11.3 Å². The molecule has 0 aromatic carbocycles. The number of rotatable bonds is 4. The maximum atomic E-state index is 5.42. The van der Waals surface area contributed by atoms with Crippen molar-refractivity contribution in [2.45, 2.75) is 26.7 Å². The standard InChI is InChI=1S/C10H14OS/c1-3-4-5-7-11-10-9(2)6-8-12-10/h5-8H,3-4H2,1-2H3. The summed E-state index contributed by atoms with van der Waals surface area (Å²) in [5.41, 5.74) is 1.21. The van der Waals surface area contributed by atoms with E-state index >= 15 is 0 Å². The Morgan fingerprint density at radius 3 is 3.00 bits per heavy atom. The van der Waals surface area contributed by atoms with E-state index < -0.39 is 0 Å². The van der Waals surface area contributed by atoms with Gasteiger partial charge >= 0.3 is 0 Å². The lowest BCUT2D eigenvalue weighted by Gasteiger charge is -1.95. The summed E-state index contributed by atoms with van der Waals surface area (Å²) >= 11 is 1.63. The lowest BCUT2D eigenvalue weighted by Crippen LogP contribution is -1.79. The lowest BCUT2D eigenvalue weighted by molar-refractivity contribution is 0.489. The highest BCUT2D eigenvalue weighted by atomic mass is 32.1. The van der Waals surface area contributed by atoms with E-state index in [1.165, 1.54) is 12.0 Å². The predicted octanol–water partition coefficient (Wildman–Crippen LogP) is 3.75. The van der Waals surface area contributed by atoms with Gasteiger partial charge in [0.25, 0.3) is 0 Å². The summed E-state index contributed by atoms with van der Waals surface area (Å²) in [6.45, 7) is 4.21. The van der Waals surface area contributed by atoms with Crippen LogP contribution in [0.25, 0.3) is 0 Å². The second-order valence-corrected chi connectivity index (χ2v) is 3.55. The molecule has 1 nitrogen and oxygen atoms in total. The number of hydrogen-bond acceptors (Lipinski definition) is 2. The first kappa shape index (κ1) is 9.33. The molecule has 1 heterocycles. The Balaban J connectivity index is 2.37. The van der Waals surface area contributed by atoms with E-state index in [9.17, 15) is 0 Å². The number of hydrogen-bond donors (Lipinski definition) is 0. The van der Waals surface area contributed by atoms with Gasteiger partial charge in [0, 0.05) is 5.56 Å². The molecule has 66 valence electrons. The molecule has 0 unspecified atom stereocenters. The topological polar surface area (TPSA) is 9.23 Å². The Morgan fingerprint density at radius 2 is 2.42 bits per heavy atom. The minimum absolute atomic E-state index is 1.00. The van der Waals surface area contributed by atoms with E-state index in [0.29, 0.717) is 0 Å². The zero-order valence-corrected chi connectivity index (χ0v) is 8.36. The van der Waals surface area contributed by atoms with Gasteiger partial charge in [-0.05, 0) is 30.9 Å². The van der Waals surface area contributed by atoms with Crippen molar-refractivity contribution in [3.63, 3.8) is 0 Å². The highest BCUT2D eigenvalue weighted by Crippen LogP contribution is 2.24. The number of allylic oxidation sites excluding steroid dienone is 1. The van der Waals surface area contributed by atoms with Gasteiger partial charge in [-0.25, -0.2) is 0 Å². The van der Waals surface area contributed by atoms with Crippen LogP contribution in [0.3, 0.4) is 0 Å². The maximum Gasteiger partial charge on any atom is 0.182 e. The molecule has 0 amide bonds. The average molecular weight is 182 g/mol. The van der Waals surface area contributed by atoms with Crippen LogP contribution in [0.4, 0.5) is 0 Å². The van der Waals surface area contributed by atoms with E-state index in [1.807, 2.05) is 5.38 Å². The fraction of sp³-hybridized carbons (Fsp3) is 0.400. The molecule has 0 fully saturated rings. The zero-order valence-electron chi connectivity index (χ0n) is 7.54. The number of ether oxygens (including phenoxy) is 1. The third-order valence-electron chi connectivity index (χ3n) is 1.54. The largest absolute Gasteiger partial charge is 0.454 e. The molecule has 0 aliphatic rings. The van der Waals surface area contributed by atoms with E-state index in [2.05, 4.69) is 26.0 Å². The van der Waals surface area contributed by atoms with Gasteiger partial charge in [0.15, 0.2) is 5.06 Å². The van der Waals surface area contributed by atoms with Gasteiger partial charge in [0.05, 0.1) is 6.26 Å². The van der Waals surface area contributed by atoms with Gasteiger partial charge in [-0.1, -0.05) is 13.3 Å². The normalized spacial score (nSPS) is 10.8. The van der Waals surface area contributed by atoms with Gasteiger partial charge in [-0.2, -0.15) is 0 Å². The number of aryl methyl sites for hydroxylation is 1. The summed E-state index contributed by atoms with van der Waals surface area (Å²) in [5, 5.41) is 3.04. The van der Waals surface area contributed by atoms with E-state index in [-0.39, 0.29) is 0 Å². The van der Waals surface area contributed by atoms with Crippen molar-refractivity contribution < 1.29 is 4.74 Å². The fourth-order valence-corrected chi connectivity index (χ4v) is 1.59. The van der Waals surface area contributed by atoms with Crippen LogP contribution in [-0.2, 0) is 0 Å². The minimum Gasteiger partial charge on any atom is -0.454 e.